The van der Waals surface area contributed by atoms with Gasteiger partial charge in [-0.2, -0.15) is 13.2 Å². The van der Waals surface area contributed by atoms with Gasteiger partial charge < -0.3 is 16.0 Å². The largest absolute Gasteiger partial charge is 0.401 e. The quantitative estimate of drug-likeness (QED) is 0.437. The molecule has 1 aliphatic carbocycles. The number of hydrogen-bond acceptors (Lipinski definition) is 3. The van der Waals surface area contributed by atoms with E-state index in [-0.39, 0.29) is 37.0 Å². The van der Waals surface area contributed by atoms with Crippen molar-refractivity contribution in [2.45, 2.75) is 64.7 Å². The van der Waals surface area contributed by atoms with Crippen molar-refractivity contribution in [3.63, 3.8) is 0 Å². The van der Waals surface area contributed by atoms with Crippen molar-refractivity contribution in [2.24, 2.45) is 10.9 Å². The Hall–Kier alpha value is -1.51. The van der Waals surface area contributed by atoms with E-state index in [1.54, 1.807) is 0 Å². The molecule has 0 heterocycles. The van der Waals surface area contributed by atoms with Crippen LogP contribution >= 0.6 is 0 Å². The molecule has 1 aliphatic rings. The molecule has 2 atom stereocenters. The number of aliphatic imine (C=N–C) groups is 1. The number of nitrogens with zero attached hydrogens (tertiary/aromatic N) is 2. The summed E-state index contributed by atoms with van der Waals surface area (Å²) in [5.74, 6) is 0.666. The maximum Gasteiger partial charge on any atom is 0.401 e. The van der Waals surface area contributed by atoms with E-state index in [2.05, 4.69) is 20.9 Å². The highest BCUT2D eigenvalue weighted by molar-refractivity contribution is 5.81. The van der Waals surface area contributed by atoms with Crippen LogP contribution in [0.2, 0.25) is 0 Å². The maximum atomic E-state index is 12.4. The van der Waals surface area contributed by atoms with Crippen molar-refractivity contribution >= 4 is 11.9 Å². The molecule has 158 valence electrons. The summed E-state index contributed by atoms with van der Waals surface area (Å²) in [5.41, 5.74) is 0. The second-order valence-electron chi connectivity index (χ2n) is 7.48. The molecule has 1 amide bonds. The Morgan fingerprint density at radius 3 is 2.59 bits per heavy atom. The Balaban J connectivity index is 2.53. The van der Waals surface area contributed by atoms with Gasteiger partial charge in [-0.1, -0.05) is 6.42 Å². The molecule has 0 aromatic heterocycles. The Labute approximate surface area is 160 Å². The number of likely N-dealkylation sites (N-methyl/N-ethyl adjacent to an activating group) is 1. The predicted octanol–water partition coefficient (Wildman–Crippen LogP) is 2.12. The van der Waals surface area contributed by atoms with E-state index in [0.29, 0.717) is 12.5 Å². The van der Waals surface area contributed by atoms with Crippen molar-refractivity contribution in [3.05, 3.63) is 0 Å². The van der Waals surface area contributed by atoms with E-state index in [1.165, 1.54) is 11.9 Å². The van der Waals surface area contributed by atoms with Crippen LogP contribution in [0.15, 0.2) is 4.99 Å². The molecular formula is C18H34F3N5O. The lowest BCUT2D eigenvalue weighted by atomic mass is 9.85. The fraction of sp³-hybridized carbons (Fsp3) is 0.889. The number of nitrogens with one attached hydrogen (secondary N) is 3. The number of halogens is 3. The third kappa shape index (κ3) is 10.4. The van der Waals surface area contributed by atoms with Gasteiger partial charge in [0.25, 0.3) is 0 Å². The monoisotopic (exact) mass is 393 g/mol. The first-order valence-electron chi connectivity index (χ1n) is 9.71. The average molecular weight is 393 g/mol. The number of rotatable bonds is 8. The van der Waals surface area contributed by atoms with Crippen LogP contribution in [0.1, 0.15) is 46.5 Å². The molecule has 0 aromatic rings. The molecule has 0 radical (unpaired) electrons. The van der Waals surface area contributed by atoms with E-state index in [9.17, 15) is 18.0 Å². The van der Waals surface area contributed by atoms with Gasteiger partial charge >= 0.3 is 6.18 Å². The van der Waals surface area contributed by atoms with E-state index in [1.807, 2.05) is 20.8 Å². The zero-order chi connectivity index (χ0) is 20.4. The lowest BCUT2D eigenvalue weighted by Gasteiger charge is -2.30. The Kier molecular flexibility index (Phi) is 9.90. The van der Waals surface area contributed by atoms with E-state index in [4.69, 9.17) is 0 Å². The van der Waals surface area contributed by atoms with Crippen LogP contribution in [0.4, 0.5) is 13.2 Å². The van der Waals surface area contributed by atoms with Crippen LogP contribution in [0.25, 0.3) is 0 Å². The molecular weight excluding hydrogens is 359 g/mol. The zero-order valence-electron chi connectivity index (χ0n) is 16.8. The van der Waals surface area contributed by atoms with Crippen LogP contribution in [0.5, 0.6) is 0 Å². The van der Waals surface area contributed by atoms with Gasteiger partial charge in [0.2, 0.25) is 5.91 Å². The highest BCUT2D eigenvalue weighted by atomic mass is 19.4. The molecule has 0 spiro atoms. The lowest BCUT2D eigenvalue weighted by Crippen LogP contribution is -2.47. The van der Waals surface area contributed by atoms with Crippen molar-refractivity contribution in [1.82, 2.24) is 20.9 Å². The minimum Gasteiger partial charge on any atom is -0.357 e. The molecule has 9 heteroatoms. The van der Waals surface area contributed by atoms with Gasteiger partial charge in [-0.25, -0.2) is 0 Å². The van der Waals surface area contributed by atoms with Crippen LogP contribution in [-0.4, -0.2) is 68.3 Å². The van der Waals surface area contributed by atoms with E-state index in [0.717, 1.165) is 25.7 Å². The number of guanidine groups is 1. The molecule has 1 fully saturated rings. The number of carbonyl (C=O) groups excluding carboxylic acids is 1. The normalized spacial score (nSPS) is 21.4. The highest BCUT2D eigenvalue weighted by Gasteiger charge is 2.29. The molecule has 2 unspecified atom stereocenters. The van der Waals surface area contributed by atoms with Gasteiger partial charge in [-0.05, 0) is 47.1 Å². The molecule has 1 saturated carbocycles. The summed E-state index contributed by atoms with van der Waals surface area (Å²) >= 11 is 0. The van der Waals surface area contributed by atoms with Crippen LogP contribution in [0, 0.1) is 5.92 Å². The van der Waals surface area contributed by atoms with Crippen molar-refractivity contribution < 1.29 is 18.0 Å². The fourth-order valence-electron chi connectivity index (χ4n) is 3.19. The number of alkyl halides is 3. The van der Waals surface area contributed by atoms with Gasteiger partial charge in [-0.3, -0.25) is 14.7 Å². The van der Waals surface area contributed by atoms with E-state index >= 15 is 0 Å². The smallest absolute Gasteiger partial charge is 0.357 e. The summed E-state index contributed by atoms with van der Waals surface area (Å²) in [4.78, 5) is 17.8. The van der Waals surface area contributed by atoms with Gasteiger partial charge in [-0.15, -0.1) is 0 Å². The van der Waals surface area contributed by atoms with Gasteiger partial charge in [0.15, 0.2) is 5.96 Å². The first kappa shape index (κ1) is 23.5. The number of amides is 1. The fourth-order valence-corrected chi connectivity index (χ4v) is 3.19. The van der Waals surface area contributed by atoms with Crippen LogP contribution < -0.4 is 16.0 Å². The van der Waals surface area contributed by atoms with Crippen LogP contribution in [0.3, 0.4) is 0 Å². The van der Waals surface area contributed by atoms with Crippen molar-refractivity contribution in [3.8, 4) is 0 Å². The third-order valence-corrected chi connectivity index (χ3v) is 4.36. The summed E-state index contributed by atoms with van der Waals surface area (Å²) in [5, 5.41) is 9.43. The Bertz CT molecular complexity index is 482. The zero-order valence-corrected chi connectivity index (χ0v) is 16.8. The van der Waals surface area contributed by atoms with Crippen molar-refractivity contribution in [2.75, 3.05) is 33.2 Å². The Morgan fingerprint density at radius 2 is 2.00 bits per heavy atom. The summed E-state index contributed by atoms with van der Waals surface area (Å²) in [6, 6.07) is 0.255. The van der Waals surface area contributed by atoms with Gasteiger partial charge in [0.05, 0.1) is 13.1 Å². The first-order valence-corrected chi connectivity index (χ1v) is 9.71. The molecule has 27 heavy (non-hydrogen) atoms. The number of carbonyl (C=O) groups is 1. The third-order valence-electron chi connectivity index (χ3n) is 4.36. The molecule has 0 aromatic carbocycles. The molecule has 3 N–H and O–H groups in total. The SMILES string of the molecule is CCNC(=NCCN(C)CC(F)(F)F)NC1CCCC(C(=O)NC(C)C)C1. The predicted molar refractivity (Wildman–Crippen MR) is 102 cm³/mol. The standard InChI is InChI=1S/C18H34F3N5O/c1-5-22-17(23-9-10-26(4)12-18(19,20)21)25-15-8-6-7-14(11-15)16(27)24-13(2)3/h13-15H,5-12H2,1-4H3,(H,24,27)(H2,22,23,25). The lowest BCUT2D eigenvalue weighted by molar-refractivity contribution is -0.142. The maximum absolute atomic E-state index is 12.4. The topological polar surface area (TPSA) is 68.8 Å². The summed E-state index contributed by atoms with van der Waals surface area (Å²) < 4.78 is 37.1. The van der Waals surface area contributed by atoms with Crippen LogP contribution in [-0.2, 0) is 4.79 Å². The minimum atomic E-state index is -4.20. The summed E-state index contributed by atoms with van der Waals surface area (Å²) in [6.07, 6.45) is -0.677. The second-order valence-corrected chi connectivity index (χ2v) is 7.48. The summed E-state index contributed by atoms with van der Waals surface area (Å²) in [6.45, 7) is 6.04. The van der Waals surface area contributed by atoms with Gasteiger partial charge in [0.1, 0.15) is 0 Å². The molecule has 6 nitrogen and oxygen atoms in total. The van der Waals surface area contributed by atoms with E-state index < -0.39 is 12.7 Å². The minimum absolute atomic E-state index is 0.0144. The average Bonchev–Trinajstić information content (AvgIpc) is 2.53. The first-order chi connectivity index (χ1) is 12.6. The number of hydrogen-bond donors (Lipinski definition) is 3. The second kappa shape index (κ2) is 11.4. The van der Waals surface area contributed by atoms with Gasteiger partial charge in [0, 0.05) is 31.1 Å². The molecule has 0 bridgehead atoms. The summed E-state index contributed by atoms with van der Waals surface area (Å²) in [7, 11) is 1.43. The molecule has 0 saturated heterocycles. The highest BCUT2D eigenvalue weighted by Crippen LogP contribution is 2.24. The molecule has 1 rings (SSSR count). The Morgan fingerprint density at radius 1 is 1.30 bits per heavy atom. The molecule has 0 aliphatic heterocycles. The van der Waals surface area contributed by atoms with Crippen molar-refractivity contribution in [1.29, 1.82) is 0 Å².